The van der Waals surface area contributed by atoms with Gasteiger partial charge in [-0.1, -0.05) is 69.4 Å². The quantitative estimate of drug-likeness (QED) is 0.134. The summed E-state index contributed by atoms with van der Waals surface area (Å²) in [6, 6.07) is 16.4. The molecule has 0 radical (unpaired) electrons. The summed E-state index contributed by atoms with van der Waals surface area (Å²) in [6.07, 6.45) is 7.98. The molecular formula is C25H32N2O4S2. The van der Waals surface area contributed by atoms with Crippen LogP contribution in [0.4, 0.5) is 0 Å². The molecule has 0 unspecified atom stereocenters. The molecule has 0 spiro atoms. The monoisotopic (exact) mass is 488 g/mol. The molecule has 0 aliphatic heterocycles. The molecule has 0 aliphatic carbocycles. The van der Waals surface area contributed by atoms with Gasteiger partial charge in [-0.05, 0) is 37.2 Å². The molecule has 178 valence electrons. The SMILES string of the molecule is CCCCCCCCN.O=C(CCC(=O)Oc1ccccc1)OSc1nc2ccccc2s1. The van der Waals surface area contributed by atoms with E-state index in [-0.39, 0.29) is 12.8 Å². The lowest BCUT2D eigenvalue weighted by Crippen LogP contribution is -2.10. The van der Waals surface area contributed by atoms with Crippen molar-refractivity contribution in [2.24, 2.45) is 5.73 Å². The molecule has 0 aliphatic rings. The maximum atomic E-state index is 11.7. The number of hydrogen-bond donors (Lipinski definition) is 1. The summed E-state index contributed by atoms with van der Waals surface area (Å²) < 4.78 is 11.9. The topological polar surface area (TPSA) is 91.5 Å². The van der Waals surface area contributed by atoms with Crippen LogP contribution in [0, 0.1) is 0 Å². The van der Waals surface area contributed by atoms with E-state index in [1.165, 1.54) is 49.9 Å². The van der Waals surface area contributed by atoms with Gasteiger partial charge in [-0.25, -0.2) is 4.98 Å². The third-order valence-electron chi connectivity index (χ3n) is 4.55. The normalized spacial score (nSPS) is 10.4. The number of esters is 1. The summed E-state index contributed by atoms with van der Waals surface area (Å²) in [6.45, 7) is 3.11. The molecule has 3 rings (SSSR count). The van der Waals surface area contributed by atoms with Crippen molar-refractivity contribution in [2.75, 3.05) is 6.54 Å². The first-order valence-electron chi connectivity index (χ1n) is 11.3. The molecule has 1 aromatic heterocycles. The second kappa shape index (κ2) is 16.2. The van der Waals surface area contributed by atoms with E-state index in [1.54, 1.807) is 24.3 Å². The van der Waals surface area contributed by atoms with E-state index in [0.29, 0.717) is 10.1 Å². The number of hydrogen-bond acceptors (Lipinski definition) is 8. The van der Waals surface area contributed by atoms with Crippen molar-refractivity contribution < 1.29 is 18.5 Å². The fourth-order valence-electron chi connectivity index (χ4n) is 2.81. The molecule has 0 bridgehead atoms. The highest BCUT2D eigenvalue weighted by Gasteiger charge is 2.12. The Morgan fingerprint density at radius 2 is 1.58 bits per heavy atom. The Morgan fingerprint density at radius 3 is 2.30 bits per heavy atom. The predicted octanol–water partition coefficient (Wildman–Crippen LogP) is 6.54. The van der Waals surface area contributed by atoms with E-state index in [1.807, 2.05) is 30.3 Å². The molecule has 33 heavy (non-hydrogen) atoms. The molecule has 0 saturated carbocycles. The average molecular weight is 489 g/mol. The molecule has 0 fully saturated rings. The van der Waals surface area contributed by atoms with Crippen LogP contribution in [0.2, 0.25) is 0 Å². The first-order valence-corrected chi connectivity index (χ1v) is 12.9. The van der Waals surface area contributed by atoms with Crippen LogP contribution in [-0.2, 0) is 13.8 Å². The highest BCUT2D eigenvalue weighted by atomic mass is 32.2. The van der Waals surface area contributed by atoms with Gasteiger partial charge in [0.15, 0.2) is 4.34 Å². The fraction of sp³-hybridized carbons (Fsp3) is 0.400. The van der Waals surface area contributed by atoms with Crippen LogP contribution in [0.15, 0.2) is 58.9 Å². The number of unbranched alkanes of at least 4 members (excludes halogenated alkanes) is 5. The van der Waals surface area contributed by atoms with Gasteiger partial charge < -0.3 is 14.7 Å². The Hall–Kier alpha value is -2.42. The summed E-state index contributed by atoms with van der Waals surface area (Å²) in [5.74, 6) is -0.493. The zero-order valence-electron chi connectivity index (χ0n) is 19.0. The van der Waals surface area contributed by atoms with Crippen molar-refractivity contribution in [3.05, 3.63) is 54.6 Å². The Labute approximate surface area is 204 Å². The van der Waals surface area contributed by atoms with Crippen molar-refractivity contribution in [1.29, 1.82) is 0 Å². The number of nitrogens with two attached hydrogens (primary N) is 1. The van der Waals surface area contributed by atoms with Crippen LogP contribution in [0.3, 0.4) is 0 Å². The lowest BCUT2D eigenvalue weighted by molar-refractivity contribution is -0.140. The smallest absolute Gasteiger partial charge is 0.318 e. The van der Waals surface area contributed by atoms with Crippen molar-refractivity contribution in [3.8, 4) is 5.75 Å². The molecule has 2 aromatic carbocycles. The highest BCUT2D eigenvalue weighted by molar-refractivity contribution is 7.97. The van der Waals surface area contributed by atoms with Crippen LogP contribution in [0.25, 0.3) is 10.2 Å². The predicted molar refractivity (Wildman–Crippen MR) is 135 cm³/mol. The summed E-state index contributed by atoms with van der Waals surface area (Å²) >= 11 is 2.36. The maximum absolute atomic E-state index is 11.7. The molecule has 8 heteroatoms. The third kappa shape index (κ3) is 11.3. The van der Waals surface area contributed by atoms with Crippen LogP contribution >= 0.6 is 23.4 Å². The molecule has 2 N–H and O–H groups in total. The Balaban J connectivity index is 0.000000365. The Morgan fingerprint density at radius 1 is 0.909 bits per heavy atom. The molecule has 0 atom stereocenters. The van der Waals surface area contributed by atoms with Crippen LogP contribution < -0.4 is 10.5 Å². The van der Waals surface area contributed by atoms with E-state index in [0.717, 1.165) is 28.8 Å². The molecule has 1 heterocycles. The molecule has 3 aromatic rings. The number of para-hydroxylation sites is 2. The summed E-state index contributed by atoms with van der Waals surface area (Å²) in [5.41, 5.74) is 6.21. The molecule has 6 nitrogen and oxygen atoms in total. The first kappa shape index (κ1) is 26.8. The number of carbonyl (C=O) groups excluding carboxylic acids is 2. The van der Waals surface area contributed by atoms with E-state index in [4.69, 9.17) is 14.7 Å². The number of nitrogens with zero attached hydrogens (tertiary/aromatic N) is 1. The van der Waals surface area contributed by atoms with Gasteiger partial charge in [-0.15, -0.1) is 11.3 Å². The zero-order valence-corrected chi connectivity index (χ0v) is 20.7. The average Bonchev–Trinajstić information content (AvgIpc) is 3.26. The first-order chi connectivity index (χ1) is 16.1. The zero-order chi connectivity index (χ0) is 23.7. The van der Waals surface area contributed by atoms with E-state index in [9.17, 15) is 9.59 Å². The summed E-state index contributed by atoms with van der Waals surface area (Å²) in [4.78, 5) is 27.7. The van der Waals surface area contributed by atoms with Crippen LogP contribution in [-0.4, -0.2) is 23.5 Å². The van der Waals surface area contributed by atoms with Gasteiger partial charge in [0.05, 0.1) is 23.1 Å². The second-order valence-corrected chi connectivity index (χ2v) is 9.34. The number of aromatic nitrogens is 1. The van der Waals surface area contributed by atoms with Crippen LogP contribution in [0.1, 0.15) is 58.3 Å². The van der Waals surface area contributed by atoms with Gasteiger partial charge in [0.2, 0.25) is 0 Å². The van der Waals surface area contributed by atoms with Gasteiger partial charge in [0.25, 0.3) is 0 Å². The lowest BCUT2D eigenvalue weighted by atomic mass is 10.1. The van der Waals surface area contributed by atoms with Gasteiger partial charge in [-0.3, -0.25) is 9.59 Å². The van der Waals surface area contributed by atoms with Crippen molar-refractivity contribution in [1.82, 2.24) is 4.98 Å². The van der Waals surface area contributed by atoms with Crippen molar-refractivity contribution >= 4 is 45.5 Å². The summed E-state index contributed by atoms with van der Waals surface area (Å²) in [7, 11) is 0. The molecule has 0 amide bonds. The maximum Gasteiger partial charge on any atom is 0.318 e. The van der Waals surface area contributed by atoms with E-state index >= 15 is 0 Å². The van der Waals surface area contributed by atoms with Gasteiger partial charge >= 0.3 is 11.9 Å². The number of rotatable bonds is 12. The Kier molecular flexibility index (Phi) is 13.2. The fourth-order valence-corrected chi connectivity index (χ4v) is 4.40. The Bertz CT molecular complexity index is 924. The number of benzene rings is 2. The van der Waals surface area contributed by atoms with Crippen molar-refractivity contribution in [3.63, 3.8) is 0 Å². The third-order valence-corrected chi connectivity index (χ3v) is 6.33. The minimum absolute atomic E-state index is 0.0336. The lowest BCUT2D eigenvalue weighted by Gasteiger charge is -2.03. The van der Waals surface area contributed by atoms with Gasteiger partial charge in [0.1, 0.15) is 17.8 Å². The standard InChI is InChI=1S/C17H13NO4S2.C8H19N/c19-15(21-12-6-2-1-3-7-12)10-11-16(20)22-24-17-18-13-8-4-5-9-14(13)23-17;1-2-3-4-5-6-7-8-9/h1-9H,10-11H2;2-9H2,1H3. The summed E-state index contributed by atoms with van der Waals surface area (Å²) in [5, 5.41) is 0. The van der Waals surface area contributed by atoms with Gasteiger partial charge in [0, 0.05) is 0 Å². The number of carbonyl (C=O) groups is 2. The van der Waals surface area contributed by atoms with Crippen LogP contribution in [0.5, 0.6) is 5.75 Å². The van der Waals surface area contributed by atoms with Crippen molar-refractivity contribution in [2.45, 2.75) is 62.6 Å². The highest BCUT2D eigenvalue weighted by Crippen LogP contribution is 2.30. The number of ether oxygens (including phenoxy) is 1. The minimum Gasteiger partial charge on any atom is -0.427 e. The van der Waals surface area contributed by atoms with E-state index < -0.39 is 11.9 Å². The largest absolute Gasteiger partial charge is 0.427 e. The number of fused-ring (bicyclic) bond motifs is 1. The molecule has 0 saturated heterocycles. The van der Waals surface area contributed by atoms with E-state index in [2.05, 4.69) is 11.9 Å². The van der Waals surface area contributed by atoms with Gasteiger partial charge in [-0.2, -0.15) is 0 Å². The number of thiazole rings is 1. The second-order valence-electron chi connectivity index (χ2n) is 7.33. The minimum atomic E-state index is -0.482. The molecular weight excluding hydrogens is 456 g/mol.